The molecule has 4 aromatic carbocycles. The van der Waals surface area contributed by atoms with Crippen molar-refractivity contribution in [1.82, 2.24) is 9.80 Å². The number of hydrogen-bond acceptors (Lipinski definition) is 8. The van der Waals surface area contributed by atoms with Crippen molar-refractivity contribution in [3.05, 3.63) is 120 Å². The number of carbonyl (C=O) groups is 4. The van der Waals surface area contributed by atoms with Gasteiger partial charge in [-0.25, -0.2) is 0 Å². The van der Waals surface area contributed by atoms with Crippen LogP contribution in [0.5, 0.6) is 23.0 Å². The predicted octanol–water partition coefficient (Wildman–Crippen LogP) is 7.66. The van der Waals surface area contributed by atoms with Crippen LogP contribution in [0.3, 0.4) is 0 Å². The summed E-state index contributed by atoms with van der Waals surface area (Å²) in [5.74, 6) is -2.77. The van der Waals surface area contributed by atoms with Crippen molar-refractivity contribution in [2.45, 2.75) is 46.2 Å². The molecule has 0 aromatic heterocycles. The zero-order chi connectivity index (χ0) is 37.7. The summed E-state index contributed by atoms with van der Waals surface area (Å²) in [4.78, 5) is 58.6. The van der Waals surface area contributed by atoms with Gasteiger partial charge in [-0.15, -0.1) is 0 Å². The number of para-hydroxylation sites is 2. The molecule has 0 N–H and O–H groups in total. The lowest BCUT2D eigenvalue weighted by Gasteiger charge is -2.50. The van der Waals surface area contributed by atoms with Crippen LogP contribution in [0.1, 0.15) is 44.2 Å². The number of ether oxygens (including phenoxy) is 4. The molecule has 0 spiro atoms. The molecule has 4 unspecified atom stereocenters. The van der Waals surface area contributed by atoms with E-state index in [1.807, 2.05) is 123 Å². The number of amides is 2. The van der Waals surface area contributed by atoms with Gasteiger partial charge in [0.2, 0.25) is 11.8 Å². The van der Waals surface area contributed by atoms with E-state index in [-0.39, 0.29) is 31.3 Å². The SMILES string of the molecule is CCCN(Cc1ccc(Oc2ccccc2)cc1)C(=O)C1C(CC(=O)OC)C(C(=O)OC)C1C(=O)N(CCC)Cc1ccc(Oc2ccccc2)cc1. The topological polar surface area (TPSA) is 112 Å². The zero-order valence-electron chi connectivity index (χ0n) is 30.8. The minimum atomic E-state index is -1.02. The predicted molar refractivity (Wildman–Crippen MR) is 200 cm³/mol. The summed E-state index contributed by atoms with van der Waals surface area (Å²) >= 11 is 0. The Balaban J connectivity index is 1.39. The molecule has 10 nitrogen and oxygen atoms in total. The van der Waals surface area contributed by atoms with E-state index in [0.717, 1.165) is 11.1 Å². The number of hydrogen-bond donors (Lipinski definition) is 0. The normalized spacial score (nSPS) is 17.5. The third-order valence-electron chi connectivity index (χ3n) is 9.53. The Morgan fingerprint density at radius 3 is 1.34 bits per heavy atom. The van der Waals surface area contributed by atoms with Crippen LogP contribution in [0.25, 0.3) is 0 Å². The van der Waals surface area contributed by atoms with E-state index in [1.54, 1.807) is 9.80 Å². The van der Waals surface area contributed by atoms with Crippen molar-refractivity contribution in [2.75, 3.05) is 27.3 Å². The van der Waals surface area contributed by atoms with Gasteiger partial charge >= 0.3 is 11.9 Å². The number of esters is 2. The van der Waals surface area contributed by atoms with E-state index in [9.17, 15) is 19.2 Å². The molecular weight excluding hydrogens is 672 g/mol. The smallest absolute Gasteiger partial charge is 0.309 e. The first kappa shape index (κ1) is 38.6. The Kier molecular flexibility index (Phi) is 13.6. The maximum Gasteiger partial charge on any atom is 0.309 e. The van der Waals surface area contributed by atoms with Gasteiger partial charge in [0.25, 0.3) is 0 Å². The summed E-state index contributed by atoms with van der Waals surface area (Å²) in [7, 11) is 2.52. The highest BCUT2D eigenvalue weighted by Gasteiger charge is 2.62. The van der Waals surface area contributed by atoms with Crippen LogP contribution in [-0.4, -0.2) is 60.9 Å². The Labute approximate surface area is 311 Å². The fourth-order valence-corrected chi connectivity index (χ4v) is 6.98. The van der Waals surface area contributed by atoms with E-state index in [0.29, 0.717) is 48.9 Å². The second-order valence-electron chi connectivity index (χ2n) is 13.2. The molecule has 4 atom stereocenters. The van der Waals surface area contributed by atoms with Crippen molar-refractivity contribution in [3.63, 3.8) is 0 Å². The monoisotopic (exact) mass is 720 g/mol. The summed E-state index contributed by atoms with van der Waals surface area (Å²) in [5.41, 5.74) is 1.73. The number of benzene rings is 4. The average molecular weight is 721 g/mol. The van der Waals surface area contributed by atoms with Crippen molar-refractivity contribution < 1.29 is 38.1 Å². The molecule has 53 heavy (non-hydrogen) atoms. The first-order valence-electron chi connectivity index (χ1n) is 18.1. The van der Waals surface area contributed by atoms with Crippen molar-refractivity contribution >= 4 is 23.8 Å². The summed E-state index contributed by atoms with van der Waals surface area (Å²) in [5, 5.41) is 0. The van der Waals surface area contributed by atoms with Crippen LogP contribution in [0.4, 0.5) is 0 Å². The van der Waals surface area contributed by atoms with E-state index < -0.39 is 35.6 Å². The van der Waals surface area contributed by atoms with Gasteiger partial charge in [-0.3, -0.25) is 19.2 Å². The van der Waals surface area contributed by atoms with Crippen LogP contribution < -0.4 is 9.47 Å². The maximum atomic E-state index is 14.6. The molecule has 1 aliphatic carbocycles. The molecule has 10 heteroatoms. The van der Waals surface area contributed by atoms with E-state index >= 15 is 0 Å². The minimum Gasteiger partial charge on any atom is -0.469 e. The zero-order valence-corrected chi connectivity index (χ0v) is 30.8. The van der Waals surface area contributed by atoms with Gasteiger partial charge in [-0.2, -0.15) is 0 Å². The highest BCUT2D eigenvalue weighted by Crippen LogP contribution is 2.51. The molecule has 0 heterocycles. The quantitative estimate of drug-likeness (QED) is 0.102. The lowest BCUT2D eigenvalue weighted by atomic mass is 9.54. The van der Waals surface area contributed by atoms with Crippen molar-refractivity contribution in [1.29, 1.82) is 0 Å². The highest BCUT2D eigenvalue weighted by molar-refractivity contribution is 5.96. The summed E-state index contributed by atoms with van der Waals surface area (Å²) in [6.45, 7) is 5.31. The molecule has 1 saturated carbocycles. The van der Waals surface area contributed by atoms with E-state index in [1.165, 1.54) is 14.2 Å². The minimum absolute atomic E-state index is 0.196. The third kappa shape index (κ3) is 9.83. The van der Waals surface area contributed by atoms with Gasteiger partial charge in [0.05, 0.1) is 32.0 Å². The lowest BCUT2D eigenvalue weighted by Crippen LogP contribution is -2.62. The van der Waals surface area contributed by atoms with Crippen LogP contribution in [0.15, 0.2) is 109 Å². The molecule has 1 fully saturated rings. The first-order valence-corrected chi connectivity index (χ1v) is 18.1. The van der Waals surface area contributed by atoms with Crippen molar-refractivity contribution in [2.24, 2.45) is 23.7 Å². The first-order chi connectivity index (χ1) is 25.8. The Hall–Kier alpha value is -5.64. The van der Waals surface area contributed by atoms with Crippen LogP contribution in [0, 0.1) is 23.7 Å². The highest BCUT2D eigenvalue weighted by atomic mass is 16.5. The summed E-state index contributed by atoms with van der Waals surface area (Å²) in [6, 6.07) is 33.9. The average Bonchev–Trinajstić information content (AvgIpc) is 3.17. The van der Waals surface area contributed by atoms with Gasteiger partial charge in [0.1, 0.15) is 23.0 Å². The molecule has 5 rings (SSSR count). The summed E-state index contributed by atoms with van der Waals surface area (Å²) < 4.78 is 22.0. The van der Waals surface area contributed by atoms with Gasteiger partial charge < -0.3 is 28.7 Å². The molecule has 0 radical (unpaired) electrons. The second kappa shape index (κ2) is 18.7. The molecular formula is C43H48N2O8. The molecule has 0 saturated heterocycles. The molecule has 2 amide bonds. The fraction of sp³-hybridized carbons (Fsp3) is 0.349. The molecule has 1 aliphatic rings. The van der Waals surface area contributed by atoms with Gasteiger partial charge in [0, 0.05) is 32.6 Å². The van der Waals surface area contributed by atoms with Crippen LogP contribution >= 0.6 is 0 Å². The third-order valence-corrected chi connectivity index (χ3v) is 9.53. The Bertz CT molecular complexity index is 1800. The maximum absolute atomic E-state index is 14.6. The van der Waals surface area contributed by atoms with Gasteiger partial charge in [-0.1, -0.05) is 74.5 Å². The number of rotatable bonds is 17. The van der Waals surface area contributed by atoms with Crippen LogP contribution in [0.2, 0.25) is 0 Å². The number of carbonyl (C=O) groups excluding carboxylic acids is 4. The standard InChI is InChI=1S/C43H48N2O8/c1-5-25-44(28-30-17-21-34(22-18-30)52-32-13-9-7-10-14-32)41(47)38-36(27-37(46)50-3)39(43(49)51-4)40(38)42(48)45(26-6-2)29-31-19-23-35(24-20-31)53-33-15-11-8-12-16-33/h7-24,36,38-40H,5-6,25-29H2,1-4H3. The van der Waals surface area contributed by atoms with E-state index in [2.05, 4.69) is 0 Å². The molecule has 278 valence electrons. The van der Waals surface area contributed by atoms with Crippen molar-refractivity contribution in [3.8, 4) is 23.0 Å². The molecule has 0 bridgehead atoms. The lowest BCUT2D eigenvalue weighted by molar-refractivity contribution is -0.183. The largest absolute Gasteiger partial charge is 0.469 e. The second-order valence-corrected chi connectivity index (χ2v) is 13.2. The van der Waals surface area contributed by atoms with Crippen LogP contribution in [-0.2, 0) is 41.7 Å². The number of nitrogens with zero attached hydrogens (tertiary/aromatic N) is 2. The number of methoxy groups -OCH3 is 2. The summed E-state index contributed by atoms with van der Waals surface area (Å²) in [6.07, 6.45) is 1.13. The molecule has 0 aliphatic heterocycles. The van der Waals surface area contributed by atoms with Gasteiger partial charge in [0.15, 0.2) is 0 Å². The molecule has 4 aromatic rings. The fourth-order valence-electron chi connectivity index (χ4n) is 6.98. The Morgan fingerprint density at radius 2 is 0.943 bits per heavy atom. The van der Waals surface area contributed by atoms with E-state index in [4.69, 9.17) is 18.9 Å². The Morgan fingerprint density at radius 1 is 0.528 bits per heavy atom. The van der Waals surface area contributed by atoms with Gasteiger partial charge in [-0.05, 0) is 78.4 Å².